The second kappa shape index (κ2) is 10.8. The van der Waals surface area contributed by atoms with E-state index in [0.717, 1.165) is 49.4 Å². The minimum Gasteiger partial charge on any atom is -0.422 e. The van der Waals surface area contributed by atoms with Crippen LogP contribution in [-0.2, 0) is 0 Å². The number of nitrogens with zero attached hydrogens (tertiary/aromatic N) is 4. The molecule has 39 heavy (non-hydrogen) atoms. The quantitative estimate of drug-likeness (QED) is 0.327. The molecule has 200 valence electrons. The third-order valence-electron chi connectivity index (χ3n) is 8.32. The van der Waals surface area contributed by atoms with Crippen molar-refractivity contribution in [2.24, 2.45) is 0 Å². The topological polar surface area (TPSA) is 97.9 Å². The third kappa shape index (κ3) is 4.82. The summed E-state index contributed by atoms with van der Waals surface area (Å²) >= 11 is 0. The van der Waals surface area contributed by atoms with E-state index in [4.69, 9.17) is 5.26 Å². The first-order chi connectivity index (χ1) is 18.7. The molecule has 4 aromatic rings. The molecule has 2 fully saturated rings. The first-order valence-corrected chi connectivity index (χ1v) is 13.6. The van der Waals surface area contributed by atoms with Gasteiger partial charge < -0.3 is 19.2 Å². The van der Waals surface area contributed by atoms with Crippen LogP contribution in [0, 0.1) is 48.1 Å². The van der Waals surface area contributed by atoms with Crippen molar-refractivity contribution >= 4 is 34.5 Å². The molecule has 0 aliphatic heterocycles. The summed E-state index contributed by atoms with van der Waals surface area (Å²) in [4.78, 5) is 0. The number of aryl methyl sites for hydroxylation is 2. The van der Waals surface area contributed by atoms with Crippen molar-refractivity contribution < 1.29 is 18.8 Å². The summed E-state index contributed by atoms with van der Waals surface area (Å²) in [5.41, 5.74) is 3.76. The number of hydrogen-bond donors (Lipinski definition) is 2. The van der Waals surface area contributed by atoms with Crippen LogP contribution >= 0.6 is 0 Å². The number of nitriles is 2. The van der Waals surface area contributed by atoms with Crippen molar-refractivity contribution in [3.05, 3.63) is 64.4 Å². The Bertz CT molecular complexity index is 1630. The molecule has 0 saturated heterocycles. The zero-order chi connectivity index (χ0) is 27.8. The number of aromatic nitrogens is 2. The zero-order valence-corrected chi connectivity index (χ0v) is 22.2. The highest BCUT2D eigenvalue weighted by Crippen LogP contribution is 2.36. The predicted octanol–water partition coefficient (Wildman–Crippen LogP) is 5.83. The van der Waals surface area contributed by atoms with Crippen LogP contribution in [-0.4, -0.2) is 26.3 Å². The molecule has 2 aliphatic carbocycles. The number of hydrogen-bond acceptors (Lipinski definition) is 4. The van der Waals surface area contributed by atoms with Crippen LogP contribution in [0.3, 0.4) is 0 Å². The van der Waals surface area contributed by atoms with Crippen molar-refractivity contribution in [2.45, 2.75) is 77.3 Å². The Morgan fingerprint density at radius 3 is 1.87 bits per heavy atom. The van der Waals surface area contributed by atoms with E-state index in [1.54, 1.807) is 19.9 Å². The molecule has 0 spiro atoms. The largest absolute Gasteiger partial charge is 0.507 e. The van der Waals surface area contributed by atoms with Gasteiger partial charge in [-0.05, 0) is 74.9 Å². The highest BCUT2D eigenvalue weighted by Gasteiger charge is 2.31. The summed E-state index contributed by atoms with van der Waals surface area (Å²) in [6.07, 6.45) is 10.7. The standard InChI is InChI=1S/C15H16BFN2O2.C15H15FN2/c1-9-6-14-11(7-13(9)17)12(8-18)15(16(20)21)19(14)10-4-2-3-5-10;1-10-6-15-13(7-14(10)16)11(8-17)9-18(15)12-4-2-3-5-12/h6-7,10,20-21H,2-5H2,1H3;6-7,9,12H,2-5H2,1H3. The van der Waals surface area contributed by atoms with Crippen LogP contribution in [0.25, 0.3) is 21.8 Å². The number of fused-ring (bicyclic) bond motifs is 2. The highest BCUT2D eigenvalue weighted by atomic mass is 19.1. The Morgan fingerprint density at radius 1 is 0.795 bits per heavy atom. The van der Waals surface area contributed by atoms with Gasteiger partial charge in [0, 0.05) is 34.6 Å². The molecule has 6 nitrogen and oxygen atoms in total. The maximum absolute atomic E-state index is 13.8. The molecule has 9 heteroatoms. The smallest absolute Gasteiger partial charge is 0.422 e. The lowest BCUT2D eigenvalue weighted by molar-refractivity contribution is 0.417. The molecule has 2 aliphatic rings. The molecule has 2 aromatic carbocycles. The molecule has 0 atom stereocenters. The fraction of sp³-hybridized carbons (Fsp3) is 0.400. The molecule has 2 aromatic heterocycles. The van der Waals surface area contributed by atoms with Crippen LogP contribution in [0.2, 0.25) is 0 Å². The van der Waals surface area contributed by atoms with Gasteiger partial charge in [-0.2, -0.15) is 10.5 Å². The van der Waals surface area contributed by atoms with E-state index in [0.29, 0.717) is 33.6 Å². The van der Waals surface area contributed by atoms with Crippen LogP contribution in [0.5, 0.6) is 0 Å². The normalized spacial score (nSPS) is 15.9. The van der Waals surface area contributed by atoms with Crippen LogP contribution < -0.4 is 5.59 Å². The van der Waals surface area contributed by atoms with E-state index in [1.807, 2.05) is 22.9 Å². The van der Waals surface area contributed by atoms with Gasteiger partial charge in [0.15, 0.2) is 0 Å². The van der Waals surface area contributed by atoms with E-state index < -0.39 is 7.12 Å². The Labute approximate surface area is 226 Å². The SMILES string of the molecule is Cc1cc2c(cc1F)c(C#N)c(B(O)O)n2C1CCCC1.Cc1cc2c(cc1F)c(C#N)cn2C1CCCC1. The Balaban J connectivity index is 0.000000160. The van der Waals surface area contributed by atoms with Crippen molar-refractivity contribution in [1.82, 2.24) is 9.13 Å². The van der Waals surface area contributed by atoms with Gasteiger partial charge in [-0.25, -0.2) is 8.78 Å². The van der Waals surface area contributed by atoms with Gasteiger partial charge in [0.2, 0.25) is 0 Å². The van der Waals surface area contributed by atoms with Crippen molar-refractivity contribution in [3.8, 4) is 12.1 Å². The summed E-state index contributed by atoms with van der Waals surface area (Å²) in [5, 5.41) is 39.1. The summed E-state index contributed by atoms with van der Waals surface area (Å²) in [7, 11) is -1.74. The minimum atomic E-state index is -1.74. The number of benzene rings is 2. The van der Waals surface area contributed by atoms with Gasteiger partial charge in [-0.3, -0.25) is 0 Å². The lowest BCUT2D eigenvalue weighted by Crippen LogP contribution is -2.39. The van der Waals surface area contributed by atoms with Crippen LogP contribution in [0.15, 0.2) is 30.5 Å². The molecule has 6 rings (SSSR count). The van der Waals surface area contributed by atoms with E-state index in [9.17, 15) is 24.1 Å². The second-order valence-electron chi connectivity index (χ2n) is 10.8. The number of rotatable bonds is 3. The predicted molar refractivity (Wildman–Crippen MR) is 148 cm³/mol. The maximum atomic E-state index is 13.8. The molecule has 2 saturated carbocycles. The average molecular weight is 528 g/mol. The van der Waals surface area contributed by atoms with Gasteiger partial charge in [-0.15, -0.1) is 0 Å². The average Bonchev–Trinajstić information content (AvgIpc) is 3.71. The number of halogens is 2. The lowest BCUT2D eigenvalue weighted by Gasteiger charge is -2.18. The molecular formula is C30H31BF2N4O2. The fourth-order valence-electron chi connectivity index (χ4n) is 6.33. The van der Waals surface area contributed by atoms with Crippen molar-refractivity contribution in [2.75, 3.05) is 0 Å². The van der Waals surface area contributed by atoms with E-state index in [1.165, 1.54) is 25.0 Å². The monoisotopic (exact) mass is 528 g/mol. The third-order valence-corrected chi connectivity index (χ3v) is 8.32. The van der Waals surface area contributed by atoms with E-state index in [-0.39, 0.29) is 28.8 Å². The van der Waals surface area contributed by atoms with Crippen molar-refractivity contribution in [3.63, 3.8) is 0 Å². The summed E-state index contributed by atoms with van der Waals surface area (Å²) < 4.78 is 31.5. The first-order valence-electron chi connectivity index (χ1n) is 13.6. The molecule has 2 heterocycles. The first kappa shape index (κ1) is 26.9. The highest BCUT2D eigenvalue weighted by molar-refractivity contribution is 6.59. The van der Waals surface area contributed by atoms with Crippen LogP contribution in [0.1, 0.15) is 85.7 Å². The molecule has 0 radical (unpaired) electrons. The molecule has 0 amide bonds. The molecule has 2 N–H and O–H groups in total. The summed E-state index contributed by atoms with van der Waals surface area (Å²) in [6.45, 7) is 3.44. The minimum absolute atomic E-state index is 0.135. The maximum Gasteiger partial charge on any atom is 0.507 e. The van der Waals surface area contributed by atoms with E-state index in [2.05, 4.69) is 10.6 Å². The Hall–Kier alpha value is -3.66. The van der Waals surface area contributed by atoms with E-state index >= 15 is 0 Å². The summed E-state index contributed by atoms with van der Waals surface area (Å²) in [5.74, 6) is -0.621. The van der Waals surface area contributed by atoms with Gasteiger partial charge in [0.1, 0.15) is 23.8 Å². The Kier molecular flexibility index (Phi) is 7.49. The van der Waals surface area contributed by atoms with Crippen LogP contribution in [0.4, 0.5) is 8.78 Å². The van der Waals surface area contributed by atoms with Gasteiger partial charge >= 0.3 is 7.12 Å². The van der Waals surface area contributed by atoms with Gasteiger partial charge in [-0.1, -0.05) is 25.7 Å². The summed E-state index contributed by atoms with van der Waals surface area (Å²) in [6, 6.07) is 11.2. The zero-order valence-electron chi connectivity index (χ0n) is 22.2. The lowest BCUT2D eigenvalue weighted by atomic mass is 9.82. The van der Waals surface area contributed by atoms with Gasteiger partial charge in [0.05, 0.1) is 22.2 Å². The Morgan fingerprint density at radius 2 is 1.33 bits per heavy atom. The fourth-order valence-corrected chi connectivity index (χ4v) is 6.33. The van der Waals surface area contributed by atoms with Gasteiger partial charge in [0.25, 0.3) is 0 Å². The molecular weight excluding hydrogens is 497 g/mol. The van der Waals surface area contributed by atoms with Crippen molar-refractivity contribution in [1.29, 1.82) is 10.5 Å². The second-order valence-corrected chi connectivity index (χ2v) is 10.8. The molecule has 0 bridgehead atoms. The molecule has 0 unspecified atom stereocenters.